The SMILES string of the molecule is CCCOC(=O)c1c(Cl)c(Cl)c(C(=O)OCCC)c(Cl)c1Cl. The lowest BCUT2D eigenvalue weighted by Crippen LogP contribution is -2.12. The topological polar surface area (TPSA) is 52.6 Å². The third-order valence-electron chi connectivity index (χ3n) is 2.55. The van der Waals surface area contributed by atoms with Crippen molar-refractivity contribution in [1.82, 2.24) is 0 Å². The van der Waals surface area contributed by atoms with Gasteiger partial charge in [-0.2, -0.15) is 0 Å². The van der Waals surface area contributed by atoms with Crippen molar-refractivity contribution in [2.24, 2.45) is 0 Å². The summed E-state index contributed by atoms with van der Waals surface area (Å²) in [5.74, 6) is -1.51. The van der Waals surface area contributed by atoms with E-state index in [9.17, 15) is 9.59 Å². The maximum absolute atomic E-state index is 12.0. The minimum Gasteiger partial charge on any atom is -0.462 e. The molecule has 0 aliphatic heterocycles. The van der Waals surface area contributed by atoms with Gasteiger partial charge < -0.3 is 9.47 Å². The molecule has 0 unspecified atom stereocenters. The van der Waals surface area contributed by atoms with Crippen LogP contribution in [0.1, 0.15) is 47.4 Å². The van der Waals surface area contributed by atoms with Gasteiger partial charge in [0.2, 0.25) is 0 Å². The van der Waals surface area contributed by atoms with E-state index in [2.05, 4.69) is 0 Å². The van der Waals surface area contributed by atoms with Crippen molar-refractivity contribution < 1.29 is 19.1 Å². The van der Waals surface area contributed by atoms with Gasteiger partial charge in [0.05, 0.1) is 44.4 Å². The van der Waals surface area contributed by atoms with Crippen LogP contribution >= 0.6 is 46.4 Å². The lowest BCUT2D eigenvalue weighted by molar-refractivity contribution is 0.0491. The van der Waals surface area contributed by atoms with Crippen molar-refractivity contribution in [3.05, 3.63) is 31.2 Å². The molecule has 0 aliphatic carbocycles. The average molecular weight is 388 g/mol. The Balaban J connectivity index is 3.32. The molecule has 0 amide bonds. The highest BCUT2D eigenvalue weighted by molar-refractivity contribution is 6.52. The molecule has 0 fully saturated rings. The van der Waals surface area contributed by atoms with Crippen LogP contribution in [-0.2, 0) is 9.47 Å². The van der Waals surface area contributed by atoms with Crippen LogP contribution in [0.4, 0.5) is 0 Å². The number of halogens is 4. The highest BCUT2D eigenvalue weighted by Gasteiger charge is 2.29. The molecule has 0 bridgehead atoms. The Morgan fingerprint density at radius 3 is 1.23 bits per heavy atom. The first-order valence-corrected chi connectivity index (χ1v) is 8.08. The number of ether oxygens (including phenoxy) is 2. The van der Waals surface area contributed by atoms with Crippen molar-refractivity contribution in [1.29, 1.82) is 0 Å². The van der Waals surface area contributed by atoms with Gasteiger partial charge in [-0.25, -0.2) is 9.59 Å². The summed E-state index contributed by atoms with van der Waals surface area (Å²) in [6.45, 7) is 4.06. The summed E-state index contributed by atoms with van der Waals surface area (Å²) >= 11 is 24.2. The van der Waals surface area contributed by atoms with Crippen molar-refractivity contribution in [3.8, 4) is 0 Å². The van der Waals surface area contributed by atoms with Crippen molar-refractivity contribution in [2.75, 3.05) is 13.2 Å². The number of carbonyl (C=O) groups is 2. The van der Waals surface area contributed by atoms with E-state index in [1.807, 2.05) is 13.8 Å². The Morgan fingerprint density at radius 1 is 0.727 bits per heavy atom. The molecule has 1 aromatic carbocycles. The van der Waals surface area contributed by atoms with Gasteiger partial charge in [-0.05, 0) is 12.8 Å². The molecule has 0 aromatic heterocycles. The summed E-state index contributed by atoms with van der Waals surface area (Å²) in [4.78, 5) is 24.0. The number of rotatable bonds is 6. The van der Waals surface area contributed by atoms with Crippen LogP contribution in [0.2, 0.25) is 20.1 Å². The van der Waals surface area contributed by atoms with Gasteiger partial charge in [-0.15, -0.1) is 0 Å². The smallest absolute Gasteiger partial charge is 0.341 e. The van der Waals surface area contributed by atoms with Crippen LogP contribution in [0.25, 0.3) is 0 Å². The van der Waals surface area contributed by atoms with E-state index < -0.39 is 11.9 Å². The van der Waals surface area contributed by atoms with E-state index in [1.54, 1.807) is 0 Å². The van der Waals surface area contributed by atoms with Crippen molar-refractivity contribution in [3.63, 3.8) is 0 Å². The number of esters is 2. The highest BCUT2D eigenvalue weighted by atomic mass is 35.5. The Kier molecular flexibility index (Phi) is 7.77. The minimum atomic E-state index is -0.755. The van der Waals surface area contributed by atoms with Crippen LogP contribution in [0.15, 0.2) is 0 Å². The molecule has 0 aliphatic rings. The lowest BCUT2D eigenvalue weighted by Gasteiger charge is -2.14. The molecular weight excluding hydrogens is 374 g/mol. The first-order chi connectivity index (χ1) is 10.4. The monoisotopic (exact) mass is 386 g/mol. The second kappa shape index (κ2) is 8.82. The second-order valence-corrected chi connectivity index (χ2v) is 5.79. The molecule has 0 spiro atoms. The standard InChI is InChI=1S/C14H14Cl4O4/c1-3-5-21-13(19)7-9(15)11(17)8(12(18)10(7)16)14(20)22-6-4-2/h3-6H2,1-2H3. The van der Waals surface area contributed by atoms with Crippen LogP contribution in [0, 0.1) is 0 Å². The molecule has 4 nitrogen and oxygen atoms in total. The summed E-state index contributed by atoms with van der Waals surface area (Å²) in [6, 6.07) is 0. The van der Waals surface area contributed by atoms with E-state index >= 15 is 0 Å². The Hall–Kier alpha value is -0.680. The first kappa shape index (κ1) is 19.4. The summed E-state index contributed by atoms with van der Waals surface area (Å²) in [5.41, 5.74) is -0.336. The minimum absolute atomic E-state index is 0.168. The predicted octanol–water partition coefficient (Wildman–Crippen LogP) is 5.43. The molecule has 1 rings (SSSR count). The highest BCUT2D eigenvalue weighted by Crippen LogP contribution is 2.41. The normalized spacial score (nSPS) is 10.5. The summed E-state index contributed by atoms with van der Waals surface area (Å²) < 4.78 is 9.95. The number of hydrogen-bond donors (Lipinski definition) is 0. The van der Waals surface area contributed by atoms with Gasteiger partial charge in [0.25, 0.3) is 0 Å². The Morgan fingerprint density at radius 2 is 1.00 bits per heavy atom. The molecule has 1 aromatic rings. The zero-order chi connectivity index (χ0) is 16.9. The van der Waals surface area contributed by atoms with Gasteiger partial charge in [0.1, 0.15) is 0 Å². The number of hydrogen-bond acceptors (Lipinski definition) is 4. The number of benzene rings is 1. The van der Waals surface area contributed by atoms with E-state index in [1.165, 1.54) is 0 Å². The van der Waals surface area contributed by atoms with E-state index in [-0.39, 0.29) is 44.4 Å². The summed E-state index contributed by atoms with van der Waals surface area (Å²) in [5, 5.41) is -0.775. The maximum atomic E-state index is 12.0. The molecule has 8 heteroatoms. The molecule has 22 heavy (non-hydrogen) atoms. The quantitative estimate of drug-likeness (QED) is 0.482. The zero-order valence-electron chi connectivity index (χ0n) is 12.0. The fourth-order valence-electron chi connectivity index (χ4n) is 1.52. The van der Waals surface area contributed by atoms with Crippen LogP contribution in [0.5, 0.6) is 0 Å². The van der Waals surface area contributed by atoms with Gasteiger partial charge in [-0.3, -0.25) is 0 Å². The molecule has 0 atom stereocenters. The Bertz CT molecular complexity index is 507. The first-order valence-electron chi connectivity index (χ1n) is 6.56. The van der Waals surface area contributed by atoms with E-state index in [0.717, 1.165) is 0 Å². The van der Waals surface area contributed by atoms with Crippen molar-refractivity contribution in [2.45, 2.75) is 26.7 Å². The third kappa shape index (κ3) is 4.19. The molecule has 0 radical (unpaired) electrons. The van der Waals surface area contributed by atoms with E-state index in [0.29, 0.717) is 12.8 Å². The largest absolute Gasteiger partial charge is 0.462 e. The third-order valence-corrected chi connectivity index (χ3v) is 4.25. The van der Waals surface area contributed by atoms with Crippen LogP contribution < -0.4 is 0 Å². The van der Waals surface area contributed by atoms with Gasteiger partial charge >= 0.3 is 11.9 Å². The molecule has 0 saturated heterocycles. The fourth-order valence-corrected chi connectivity index (χ4v) is 2.69. The van der Waals surface area contributed by atoms with Gasteiger partial charge in [0.15, 0.2) is 0 Å². The summed E-state index contributed by atoms with van der Waals surface area (Å²) in [7, 11) is 0. The molecule has 0 heterocycles. The molecular formula is C14H14Cl4O4. The van der Waals surface area contributed by atoms with E-state index in [4.69, 9.17) is 55.9 Å². The van der Waals surface area contributed by atoms with Crippen molar-refractivity contribution >= 4 is 58.3 Å². The maximum Gasteiger partial charge on any atom is 0.341 e. The van der Waals surface area contributed by atoms with Gasteiger partial charge in [0, 0.05) is 0 Å². The summed E-state index contributed by atoms with van der Waals surface area (Å²) in [6.07, 6.45) is 1.26. The molecule has 0 N–H and O–H groups in total. The molecule has 0 saturated carbocycles. The van der Waals surface area contributed by atoms with Crippen LogP contribution in [-0.4, -0.2) is 25.2 Å². The zero-order valence-corrected chi connectivity index (χ0v) is 15.0. The predicted molar refractivity (Wildman–Crippen MR) is 87.6 cm³/mol. The lowest BCUT2D eigenvalue weighted by atomic mass is 10.1. The fraction of sp³-hybridized carbons (Fsp3) is 0.429. The number of carbonyl (C=O) groups excluding carboxylic acids is 2. The van der Waals surface area contributed by atoms with Gasteiger partial charge in [-0.1, -0.05) is 60.3 Å². The Labute approximate surface area is 148 Å². The average Bonchev–Trinajstić information content (AvgIpc) is 2.49. The van der Waals surface area contributed by atoms with Crippen LogP contribution in [0.3, 0.4) is 0 Å². The second-order valence-electron chi connectivity index (χ2n) is 4.28. The molecule has 122 valence electrons.